The minimum absolute atomic E-state index is 0.246. The van der Waals surface area contributed by atoms with E-state index in [1.807, 2.05) is 0 Å². The second-order valence-corrected chi connectivity index (χ2v) is 6.56. The molecule has 1 aliphatic heterocycles. The summed E-state index contributed by atoms with van der Waals surface area (Å²) in [6.07, 6.45) is -0.768. The van der Waals surface area contributed by atoms with Crippen molar-refractivity contribution in [3.05, 3.63) is 0 Å². The highest BCUT2D eigenvalue weighted by Crippen LogP contribution is 2.19. The average Bonchev–Trinajstić information content (AvgIpc) is 2.44. The maximum absolute atomic E-state index is 11.1. The minimum Gasteiger partial charge on any atom is -0.466 e. The molecule has 0 N–H and O–H groups in total. The van der Waals surface area contributed by atoms with Crippen molar-refractivity contribution in [2.75, 3.05) is 7.11 Å². The third kappa shape index (κ3) is 6.17. The highest BCUT2D eigenvalue weighted by Gasteiger charge is 2.42. The van der Waals surface area contributed by atoms with Gasteiger partial charge in [-0.1, -0.05) is 13.8 Å². The normalized spacial score (nSPS) is 19.5. The molecular formula is C16H26O8. The number of esters is 4. The van der Waals surface area contributed by atoms with E-state index in [0.717, 1.165) is 0 Å². The van der Waals surface area contributed by atoms with Gasteiger partial charge in [0.15, 0.2) is 6.10 Å². The van der Waals surface area contributed by atoms with Gasteiger partial charge in [-0.25, -0.2) is 14.4 Å². The molecule has 24 heavy (non-hydrogen) atoms. The second-order valence-electron chi connectivity index (χ2n) is 6.56. The SMILES string of the molecule is CC1OC(=O)C(C)(C)OC1=O.COC(=O)C(C)(C)OC(=O)C(C)C. The Morgan fingerprint density at radius 1 is 1.21 bits per heavy atom. The third-order valence-electron chi connectivity index (χ3n) is 2.97. The Hall–Kier alpha value is -2.12. The molecule has 0 aromatic rings. The van der Waals surface area contributed by atoms with Crippen LogP contribution < -0.4 is 0 Å². The molecule has 1 heterocycles. The van der Waals surface area contributed by atoms with E-state index in [9.17, 15) is 19.2 Å². The van der Waals surface area contributed by atoms with Gasteiger partial charge in [0.25, 0.3) is 0 Å². The molecule has 0 saturated carbocycles. The predicted molar refractivity (Wildman–Crippen MR) is 82.8 cm³/mol. The van der Waals surface area contributed by atoms with Crippen molar-refractivity contribution in [3.63, 3.8) is 0 Å². The van der Waals surface area contributed by atoms with E-state index < -0.39 is 41.2 Å². The van der Waals surface area contributed by atoms with Crippen molar-refractivity contribution in [1.82, 2.24) is 0 Å². The number of cyclic esters (lactones) is 2. The van der Waals surface area contributed by atoms with E-state index in [4.69, 9.17) is 14.2 Å². The van der Waals surface area contributed by atoms with Crippen molar-refractivity contribution in [2.45, 2.75) is 65.8 Å². The van der Waals surface area contributed by atoms with Crippen LogP contribution >= 0.6 is 0 Å². The summed E-state index contributed by atoms with van der Waals surface area (Å²) in [6.45, 7) is 10.9. The summed E-state index contributed by atoms with van der Waals surface area (Å²) < 4.78 is 18.9. The number of hydrogen-bond donors (Lipinski definition) is 0. The van der Waals surface area contributed by atoms with Crippen LogP contribution in [-0.2, 0) is 38.1 Å². The molecule has 8 heteroatoms. The number of carbonyl (C=O) groups excluding carboxylic acids is 4. The van der Waals surface area contributed by atoms with Gasteiger partial charge in [-0.3, -0.25) is 4.79 Å². The summed E-state index contributed by atoms with van der Waals surface area (Å²) in [5.41, 5.74) is -2.32. The van der Waals surface area contributed by atoms with Gasteiger partial charge in [-0.15, -0.1) is 0 Å². The van der Waals surface area contributed by atoms with Crippen LogP contribution in [0.4, 0.5) is 0 Å². The second kappa shape index (κ2) is 8.12. The van der Waals surface area contributed by atoms with Crippen LogP contribution in [0.5, 0.6) is 0 Å². The fraction of sp³-hybridized carbons (Fsp3) is 0.750. The molecule has 0 amide bonds. The monoisotopic (exact) mass is 346 g/mol. The number of rotatable bonds is 3. The topological polar surface area (TPSA) is 105 Å². The van der Waals surface area contributed by atoms with Crippen LogP contribution in [0.3, 0.4) is 0 Å². The van der Waals surface area contributed by atoms with Crippen molar-refractivity contribution >= 4 is 23.9 Å². The molecule has 138 valence electrons. The van der Waals surface area contributed by atoms with Crippen LogP contribution in [-0.4, -0.2) is 48.3 Å². The Morgan fingerprint density at radius 2 is 1.71 bits per heavy atom. The molecule has 0 aromatic heterocycles. The van der Waals surface area contributed by atoms with Gasteiger partial charge in [-0.05, 0) is 34.6 Å². The Bertz CT molecular complexity index is 504. The largest absolute Gasteiger partial charge is 0.466 e. The van der Waals surface area contributed by atoms with Crippen LogP contribution in [0.15, 0.2) is 0 Å². The smallest absolute Gasteiger partial charge is 0.350 e. The maximum Gasteiger partial charge on any atom is 0.350 e. The van der Waals surface area contributed by atoms with Gasteiger partial charge in [0, 0.05) is 0 Å². The molecule has 0 spiro atoms. The molecule has 1 saturated heterocycles. The Labute approximate surface area is 141 Å². The zero-order valence-electron chi connectivity index (χ0n) is 15.4. The van der Waals surface area contributed by atoms with Crippen molar-refractivity contribution in [1.29, 1.82) is 0 Å². The number of methoxy groups -OCH3 is 1. The third-order valence-corrected chi connectivity index (χ3v) is 2.97. The summed E-state index contributed by atoms with van der Waals surface area (Å²) in [6, 6.07) is 0. The Morgan fingerprint density at radius 3 is 2.08 bits per heavy atom. The average molecular weight is 346 g/mol. The molecule has 0 aliphatic carbocycles. The molecule has 1 atom stereocenters. The van der Waals surface area contributed by atoms with E-state index in [0.29, 0.717) is 0 Å². The summed E-state index contributed by atoms with van der Waals surface area (Å²) in [5, 5.41) is 0. The lowest BCUT2D eigenvalue weighted by molar-refractivity contribution is -0.204. The molecule has 1 aliphatic rings. The molecule has 1 unspecified atom stereocenters. The van der Waals surface area contributed by atoms with E-state index in [2.05, 4.69) is 4.74 Å². The molecular weight excluding hydrogens is 320 g/mol. The van der Waals surface area contributed by atoms with Crippen molar-refractivity contribution < 1.29 is 38.1 Å². The van der Waals surface area contributed by atoms with E-state index in [1.165, 1.54) is 41.7 Å². The number of ether oxygens (including phenoxy) is 4. The summed E-state index contributed by atoms with van der Waals surface area (Å²) in [7, 11) is 1.26. The molecule has 1 rings (SSSR count). The molecule has 0 aromatic carbocycles. The van der Waals surface area contributed by atoms with Gasteiger partial charge < -0.3 is 18.9 Å². The standard InChI is InChI=1S/C9H16O4.C7H10O4/c1-6(2)7(10)13-9(3,4)8(11)12-5;1-4-5(8)11-7(2,3)6(9)10-4/h6H,1-5H3;4H,1-3H3. The highest BCUT2D eigenvalue weighted by atomic mass is 16.7. The molecule has 0 radical (unpaired) electrons. The first kappa shape index (κ1) is 21.9. The Balaban J connectivity index is 0.000000446. The van der Waals surface area contributed by atoms with E-state index in [1.54, 1.807) is 13.8 Å². The summed E-state index contributed by atoms with van der Waals surface area (Å²) >= 11 is 0. The van der Waals surface area contributed by atoms with Crippen LogP contribution in [0.1, 0.15) is 48.5 Å². The first-order chi connectivity index (χ1) is 10.7. The number of hydrogen-bond acceptors (Lipinski definition) is 8. The fourth-order valence-corrected chi connectivity index (χ4v) is 1.38. The molecule has 8 nitrogen and oxygen atoms in total. The van der Waals surface area contributed by atoms with Gasteiger partial charge in [-0.2, -0.15) is 0 Å². The molecule has 1 fully saturated rings. The highest BCUT2D eigenvalue weighted by molar-refractivity contribution is 5.89. The van der Waals surface area contributed by atoms with Crippen LogP contribution in [0.2, 0.25) is 0 Å². The van der Waals surface area contributed by atoms with E-state index in [-0.39, 0.29) is 5.92 Å². The van der Waals surface area contributed by atoms with Crippen LogP contribution in [0, 0.1) is 5.92 Å². The van der Waals surface area contributed by atoms with E-state index >= 15 is 0 Å². The van der Waals surface area contributed by atoms with Crippen LogP contribution in [0.25, 0.3) is 0 Å². The Kier molecular flexibility index (Phi) is 7.40. The van der Waals surface area contributed by atoms with Gasteiger partial charge in [0.2, 0.25) is 11.2 Å². The van der Waals surface area contributed by atoms with Gasteiger partial charge in [0.05, 0.1) is 13.0 Å². The van der Waals surface area contributed by atoms with Gasteiger partial charge in [0.1, 0.15) is 0 Å². The lowest BCUT2D eigenvalue weighted by Crippen LogP contribution is -2.49. The van der Waals surface area contributed by atoms with Crippen molar-refractivity contribution in [2.24, 2.45) is 5.92 Å². The summed E-state index contributed by atoms with van der Waals surface area (Å²) in [4.78, 5) is 44.1. The first-order valence-corrected chi connectivity index (χ1v) is 7.49. The number of carbonyl (C=O) groups is 4. The minimum atomic E-state index is -1.20. The zero-order chi connectivity index (χ0) is 19.3. The lowest BCUT2D eigenvalue weighted by Gasteiger charge is -2.30. The van der Waals surface area contributed by atoms with Gasteiger partial charge >= 0.3 is 23.9 Å². The van der Waals surface area contributed by atoms with Crippen molar-refractivity contribution in [3.8, 4) is 0 Å². The first-order valence-electron chi connectivity index (χ1n) is 7.49. The molecule has 0 bridgehead atoms. The predicted octanol–water partition coefficient (Wildman–Crippen LogP) is 1.39. The maximum atomic E-state index is 11.1. The fourth-order valence-electron chi connectivity index (χ4n) is 1.38. The lowest BCUT2D eigenvalue weighted by atomic mass is 10.1. The quantitative estimate of drug-likeness (QED) is 0.557. The zero-order valence-corrected chi connectivity index (χ0v) is 15.4. The summed E-state index contributed by atoms with van der Waals surface area (Å²) in [5.74, 6) is -2.19.